The maximum Gasteiger partial charge on any atom is 0.326 e. The highest BCUT2D eigenvalue weighted by molar-refractivity contribution is 5.86. The third-order valence-electron chi connectivity index (χ3n) is 7.45. The minimum atomic E-state index is -0.999. The molecule has 2 aliphatic heterocycles. The van der Waals surface area contributed by atoms with Crippen LogP contribution in [0.15, 0.2) is 60.7 Å². The van der Waals surface area contributed by atoms with Gasteiger partial charge in [0.1, 0.15) is 6.04 Å². The van der Waals surface area contributed by atoms with E-state index in [0.717, 1.165) is 30.5 Å². The van der Waals surface area contributed by atoms with Crippen molar-refractivity contribution in [1.29, 1.82) is 0 Å². The van der Waals surface area contributed by atoms with Crippen LogP contribution in [0.1, 0.15) is 49.7 Å². The molecule has 4 N–H and O–H groups in total. The van der Waals surface area contributed by atoms with Gasteiger partial charge in [0, 0.05) is 31.5 Å². The third-order valence-corrected chi connectivity index (χ3v) is 7.45. The highest BCUT2D eigenvalue weighted by Gasteiger charge is 2.35. The van der Waals surface area contributed by atoms with Gasteiger partial charge in [0.05, 0.1) is 6.04 Å². The predicted molar refractivity (Wildman–Crippen MR) is 147 cm³/mol. The van der Waals surface area contributed by atoms with Gasteiger partial charge in [-0.3, -0.25) is 14.4 Å². The number of nitrogens with one attached hydrogen (secondary N) is 3. The summed E-state index contributed by atoms with van der Waals surface area (Å²) in [5.74, 6) is -1.64. The van der Waals surface area contributed by atoms with Crippen LogP contribution < -0.4 is 16.0 Å². The molecule has 0 aliphatic carbocycles. The Morgan fingerprint density at radius 1 is 0.846 bits per heavy atom. The van der Waals surface area contributed by atoms with Gasteiger partial charge in [0.2, 0.25) is 17.7 Å². The minimum absolute atomic E-state index is 0.00607. The first kappa shape index (κ1) is 28.3. The van der Waals surface area contributed by atoms with Crippen molar-refractivity contribution in [2.75, 3.05) is 13.1 Å². The number of carboxylic acid groups (broad SMARTS) is 1. The number of aliphatic carboxylic acids is 1. The number of carbonyl (C=O) groups excluding carboxylic acids is 3. The number of benzene rings is 2. The van der Waals surface area contributed by atoms with E-state index in [-0.39, 0.29) is 36.6 Å². The lowest BCUT2D eigenvalue weighted by Gasteiger charge is -2.26. The first-order valence-electron chi connectivity index (χ1n) is 13.8. The van der Waals surface area contributed by atoms with E-state index in [0.29, 0.717) is 32.2 Å². The molecule has 4 rings (SSSR count). The molecule has 4 atom stereocenters. The molecule has 2 saturated heterocycles. The van der Waals surface area contributed by atoms with Crippen molar-refractivity contribution in [1.82, 2.24) is 20.9 Å². The first-order chi connectivity index (χ1) is 18.9. The lowest BCUT2D eigenvalue weighted by molar-refractivity contribution is -0.148. The number of rotatable bonds is 12. The number of nitrogens with zero attached hydrogens (tertiary/aromatic N) is 1. The quantitative estimate of drug-likeness (QED) is 0.330. The Morgan fingerprint density at radius 3 is 2.03 bits per heavy atom. The molecule has 3 amide bonds. The summed E-state index contributed by atoms with van der Waals surface area (Å²) in [4.78, 5) is 52.4. The summed E-state index contributed by atoms with van der Waals surface area (Å²) in [6.07, 6.45) is 3.81. The fourth-order valence-corrected chi connectivity index (χ4v) is 5.52. The fraction of sp³-hybridized carbons (Fsp3) is 0.467. The molecule has 39 heavy (non-hydrogen) atoms. The molecule has 0 bridgehead atoms. The molecule has 2 heterocycles. The van der Waals surface area contributed by atoms with Gasteiger partial charge in [-0.1, -0.05) is 60.7 Å². The number of hydrogen-bond donors (Lipinski definition) is 4. The molecule has 2 fully saturated rings. The van der Waals surface area contributed by atoms with Crippen molar-refractivity contribution >= 4 is 23.7 Å². The van der Waals surface area contributed by atoms with E-state index in [9.17, 15) is 24.3 Å². The maximum atomic E-state index is 13.3. The van der Waals surface area contributed by atoms with Crippen LogP contribution in [0.25, 0.3) is 0 Å². The maximum absolute atomic E-state index is 13.3. The van der Waals surface area contributed by atoms with Crippen molar-refractivity contribution in [2.24, 2.45) is 0 Å². The van der Waals surface area contributed by atoms with Crippen molar-refractivity contribution < 1.29 is 24.3 Å². The second-order valence-corrected chi connectivity index (χ2v) is 10.5. The standard InChI is InChI=1S/C30H38N4O5/c35-27(19-23(17-21-9-3-1-4-10-21)33-29(37)25-13-7-15-31-25)32-24(18-22-11-5-2-6-12-22)20-28(36)34-16-8-14-26(34)30(38)39/h1-6,9-12,23-26,31H,7-8,13-20H2,(H,32,35)(H,33,37)(H,38,39). The monoisotopic (exact) mass is 534 g/mol. The molecule has 2 aromatic carbocycles. The summed E-state index contributed by atoms with van der Waals surface area (Å²) in [7, 11) is 0. The van der Waals surface area contributed by atoms with Gasteiger partial charge in [-0.05, 0) is 56.2 Å². The average Bonchev–Trinajstić information content (AvgIpc) is 3.63. The van der Waals surface area contributed by atoms with Crippen molar-refractivity contribution in [3.8, 4) is 0 Å². The van der Waals surface area contributed by atoms with E-state index in [1.54, 1.807) is 0 Å². The zero-order valence-electron chi connectivity index (χ0n) is 22.2. The lowest BCUT2D eigenvalue weighted by atomic mass is 10.00. The second kappa shape index (κ2) is 13.9. The molecule has 0 aromatic heterocycles. The Bertz CT molecular complexity index is 1120. The predicted octanol–water partition coefficient (Wildman–Crippen LogP) is 2.05. The van der Waals surface area contributed by atoms with Gasteiger partial charge in [-0.15, -0.1) is 0 Å². The highest BCUT2D eigenvalue weighted by Crippen LogP contribution is 2.20. The van der Waals surface area contributed by atoms with Crippen LogP contribution in [0.2, 0.25) is 0 Å². The number of hydrogen-bond acceptors (Lipinski definition) is 5. The van der Waals surface area contributed by atoms with Crippen molar-refractivity contribution in [2.45, 2.75) is 75.5 Å². The normalized spacial score (nSPS) is 20.3. The molecule has 0 saturated carbocycles. The Morgan fingerprint density at radius 2 is 1.46 bits per heavy atom. The summed E-state index contributed by atoms with van der Waals surface area (Å²) in [6, 6.07) is 17.3. The van der Waals surface area contributed by atoms with Gasteiger partial charge in [0.25, 0.3) is 0 Å². The number of amides is 3. The summed E-state index contributed by atoms with van der Waals surface area (Å²) in [6.45, 7) is 1.21. The molecular weight excluding hydrogens is 496 g/mol. The van der Waals surface area contributed by atoms with E-state index >= 15 is 0 Å². The van der Waals surface area contributed by atoms with Crippen LogP contribution in [0.5, 0.6) is 0 Å². The van der Waals surface area contributed by atoms with Crippen molar-refractivity contribution in [3.05, 3.63) is 71.8 Å². The van der Waals surface area contributed by atoms with E-state index in [4.69, 9.17) is 0 Å². The summed E-state index contributed by atoms with van der Waals surface area (Å²) in [5.41, 5.74) is 1.98. The SMILES string of the molecule is O=C(CC(Cc1ccccc1)NC(=O)C1CCCN1)NC(CC(=O)N1CCCC1C(=O)O)Cc1ccccc1. The van der Waals surface area contributed by atoms with E-state index in [1.165, 1.54) is 4.90 Å². The molecule has 2 aliphatic rings. The summed E-state index contributed by atoms with van der Waals surface area (Å²) >= 11 is 0. The van der Waals surface area contributed by atoms with Gasteiger partial charge in [-0.25, -0.2) is 4.79 Å². The molecule has 9 heteroatoms. The highest BCUT2D eigenvalue weighted by atomic mass is 16.4. The average molecular weight is 535 g/mol. The summed E-state index contributed by atoms with van der Waals surface area (Å²) in [5, 5.41) is 18.8. The molecular formula is C30H38N4O5. The first-order valence-corrected chi connectivity index (χ1v) is 13.8. The number of carboxylic acids is 1. The van der Waals surface area contributed by atoms with Crippen LogP contribution >= 0.6 is 0 Å². The minimum Gasteiger partial charge on any atom is -0.480 e. The molecule has 0 radical (unpaired) electrons. The second-order valence-electron chi connectivity index (χ2n) is 10.5. The molecule has 2 aromatic rings. The van der Waals surface area contributed by atoms with Crippen LogP contribution in [-0.4, -0.2) is 71.0 Å². The Kier molecular flexibility index (Phi) is 10.1. The Balaban J connectivity index is 1.44. The number of carbonyl (C=O) groups is 4. The molecule has 4 unspecified atom stereocenters. The third kappa shape index (κ3) is 8.38. The topological polar surface area (TPSA) is 128 Å². The van der Waals surface area contributed by atoms with Gasteiger partial charge >= 0.3 is 5.97 Å². The van der Waals surface area contributed by atoms with Crippen molar-refractivity contribution in [3.63, 3.8) is 0 Å². The molecule has 0 spiro atoms. The van der Waals surface area contributed by atoms with E-state index in [1.807, 2.05) is 60.7 Å². The fourth-order valence-electron chi connectivity index (χ4n) is 5.52. The van der Waals surface area contributed by atoms with Crippen LogP contribution in [0.4, 0.5) is 0 Å². The van der Waals surface area contributed by atoms with E-state index in [2.05, 4.69) is 16.0 Å². The van der Waals surface area contributed by atoms with Gasteiger partial charge < -0.3 is 26.0 Å². The smallest absolute Gasteiger partial charge is 0.326 e. The largest absolute Gasteiger partial charge is 0.480 e. The van der Waals surface area contributed by atoms with Crippen LogP contribution in [0.3, 0.4) is 0 Å². The zero-order chi connectivity index (χ0) is 27.6. The van der Waals surface area contributed by atoms with Crippen LogP contribution in [-0.2, 0) is 32.0 Å². The van der Waals surface area contributed by atoms with Gasteiger partial charge in [-0.2, -0.15) is 0 Å². The molecule has 208 valence electrons. The van der Waals surface area contributed by atoms with Gasteiger partial charge in [0.15, 0.2) is 0 Å². The Labute approximate surface area is 229 Å². The summed E-state index contributed by atoms with van der Waals surface area (Å²) < 4.78 is 0. The van der Waals surface area contributed by atoms with E-state index < -0.39 is 24.1 Å². The lowest BCUT2D eigenvalue weighted by Crippen LogP contribution is -2.49. The molecule has 9 nitrogen and oxygen atoms in total. The number of likely N-dealkylation sites (tertiary alicyclic amines) is 1. The van der Waals surface area contributed by atoms with Crippen LogP contribution in [0, 0.1) is 0 Å². The zero-order valence-corrected chi connectivity index (χ0v) is 22.2. The Hall–Kier alpha value is -3.72.